The van der Waals surface area contributed by atoms with Crippen LogP contribution in [-0.4, -0.2) is 47.3 Å². The number of carbonyl (C=O) groups excluding carboxylic acids is 2. The zero-order valence-electron chi connectivity index (χ0n) is 23.7. The van der Waals surface area contributed by atoms with Crippen molar-refractivity contribution < 1.29 is 14.3 Å². The summed E-state index contributed by atoms with van der Waals surface area (Å²) in [6.45, 7) is 5.88. The highest BCUT2D eigenvalue weighted by Gasteiger charge is 2.42. The van der Waals surface area contributed by atoms with Crippen LogP contribution in [0.3, 0.4) is 0 Å². The fraction of sp³-hybridized carbons (Fsp3) is 0.294. The number of rotatable bonds is 8. The van der Waals surface area contributed by atoms with E-state index < -0.39 is 23.2 Å². The van der Waals surface area contributed by atoms with Gasteiger partial charge in [0.15, 0.2) is 0 Å². The van der Waals surface area contributed by atoms with Crippen LogP contribution in [0.15, 0.2) is 108 Å². The minimum Gasteiger partial charge on any atom is -0.459 e. The van der Waals surface area contributed by atoms with Gasteiger partial charge in [-0.3, -0.25) is 14.9 Å². The number of amides is 1. The summed E-state index contributed by atoms with van der Waals surface area (Å²) in [6.07, 6.45) is 0. The molecule has 0 saturated carbocycles. The Hall–Kier alpha value is -3.39. The first-order valence-electron chi connectivity index (χ1n) is 13.8. The van der Waals surface area contributed by atoms with Crippen molar-refractivity contribution >= 4 is 35.0 Å². The third-order valence-electron chi connectivity index (χ3n) is 7.13. The number of hydrogen-bond acceptors (Lipinski definition) is 6. The average Bonchev–Trinajstić information content (AvgIpc) is 3.47. The number of hydrogen-bond donors (Lipinski definition) is 1. The molecule has 3 aromatic carbocycles. The van der Waals surface area contributed by atoms with Crippen molar-refractivity contribution in [2.75, 3.05) is 18.8 Å². The zero-order chi connectivity index (χ0) is 28.9. The van der Waals surface area contributed by atoms with Crippen LogP contribution in [0.1, 0.15) is 48.3 Å². The standard InChI is InChI=1S/C34H36N2O3S2/c1-33(2,3)39-31(37)22-36-21-30(25-19-20-40-23-25)41-24-29(32(36)38)35-34(26-13-7-4-8-14-26,27-15-9-5-10-16-27)28-17-11-6-12-18-28/h4-20,23,29-30,35H,21-22,24H2,1-3H3/t29-,30+/m0/s1. The molecule has 212 valence electrons. The van der Waals surface area contributed by atoms with Gasteiger partial charge in [0.25, 0.3) is 0 Å². The van der Waals surface area contributed by atoms with Gasteiger partial charge in [0.1, 0.15) is 12.1 Å². The maximum atomic E-state index is 14.4. The third-order valence-corrected chi connectivity index (χ3v) is 9.18. The van der Waals surface area contributed by atoms with E-state index in [0.29, 0.717) is 12.3 Å². The Bertz CT molecular complexity index is 1320. The molecule has 1 amide bonds. The Morgan fingerprint density at radius 1 is 0.878 bits per heavy atom. The van der Waals surface area contributed by atoms with Crippen molar-refractivity contribution in [3.05, 3.63) is 130 Å². The number of ether oxygens (including phenoxy) is 1. The summed E-state index contributed by atoms with van der Waals surface area (Å²) in [7, 11) is 0. The second-order valence-corrected chi connectivity index (χ2v) is 13.2. The lowest BCUT2D eigenvalue weighted by Gasteiger charge is -2.40. The van der Waals surface area contributed by atoms with Crippen LogP contribution in [0.25, 0.3) is 0 Å². The number of nitrogens with one attached hydrogen (secondary N) is 1. The molecule has 0 spiro atoms. The molecule has 1 fully saturated rings. The Balaban J connectivity index is 1.58. The molecular weight excluding hydrogens is 549 g/mol. The SMILES string of the molecule is CC(C)(C)OC(=O)CN1C[C@H](c2ccsc2)SC[C@H](NC(c2ccccc2)(c2ccccc2)c2ccccc2)C1=O. The van der Waals surface area contributed by atoms with Crippen LogP contribution >= 0.6 is 23.1 Å². The molecule has 5 rings (SSSR count). The molecule has 1 aliphatic heterocycles. The summed E-state index contributed by atoms with van der Waals surface area (Å²) in [6, 6.07) is 32.4. The number of benzene rings is 3. The molecule has 0 bridgehead atoms. The summed E-state index contributed by atoms with van der Waals surface area (Å²) in [5.41, 5.74) is 2.84. The molecule has 2 heterocycles. The molecule has 1 aromatic heterocycles. The van der Waals surface area contributed by atoms with Gasteiger partial charge < -0.3 is 9.64 Å². The molecule has 7 heteroatoms. The van der Waals surface area contributed by atoms with Crippen LogP contribution in [-0.2, 0) is 19.9 Å². The minimum atomic E-state index is -0.801. The molecule has 0 radical (unpaired) electrons. The van der Waals surface area contributed by atoms with Gasteiger partial charge in [-0.05, 0) is 59.9 Å². The molecule has 2 atom stereocenters. The van der Waals surface area contributed by atoms with E-state index in [9.17, 15) is 9.59 Å². The normalized spacial score (nSPS) is 18.1. The van der Waals surface area contributed by atoms with Gasteiger partial charge in [0, 0.05) is 17.5 Å². The van der Waals surface area contributed by atoms with Gasteiger partial charge >= 0.3 is 5.97 Å². The van der Waals surface area contributed by atoms with E-state index in [1.807, 2.05) is 75.4 Å². The van der Waals surface area contributed by atoms with E-state index in [1.165, 1.54) is 5.56 Å². The molecule has 1 saturated heterocycles. The molecule has 4 aromatic rings. The number of esters is 1. The molecule has 41 heavy (non-hydrogen) atoms. The van der Waals surface area contributed by atoms with Crippen molar-refractivity contribution in [2.45, 2.75) is 43.2 Å². The van der Waals surface area contributed by atoms with Crippen LogP contribution in [0.2, 0.25) is 0 Å². The van der Waals surface area contributed by atoms with Crippen LogP contribution in [0.4, 0.5) is 0 Å². The Labute approximate surface area is 250 Å². The number of carbonyl (C=O) groups is 2. The van der Waals surface area contributed by atoms with E-state index in [2.05, 4.69) is 58.5 Å². The van der Waals surface area contributed by atoms with Crippen molar-refractivity contribution in [2.24, 2.45) is 0 Å². The quantitative estimate of drug-likeness (QED) is 0.186. The Morgan fingerprint density at radius 3 is 1.88 bits per heavy atom. The largest absolute Gasteiger partial charge is 0.459 e. The molecule has 5 nitrogen and oxygen atoms in total. The molecule has 0 unspecified atom stereocenters. The third kappa shape index (κ3) is 6.75. The van der Waals surface area contributed by atoms with Crippen LogP contribution in [0.5, 0.6) is 0 Å². The van der Waals surface area contributed by atoms with Gasteiger partial charge in [0.05, 0.1) is 11.6 Å². The van der Waals surface area contributed by atoms with Gasteiger partial charge in [-0.1, -0.05) is 91.0 Å². The fourth-order valence-electron chi connectivity index (χ4n) is 5.36. The van der Waals surface area contributed by atoms with Crippen LogP contribution < -0.4 is 5.32 Å². The van der Waals surface area contributed by atoms with E-state index in [4.69, 9.17) is 4.74 Å². The maximum Gasteiger partial charge on any atom is 0.326 e. The first-order chi connectivity index (χ1) is 19.8. The van der Waals surface area contributed by atoms with E-state index in [0.717, 1.165) is 16.7 Å². The minimum absolute atomic E-state index is 0.0546. The van der Waals surface area contributed by atoms with Crippen molar-refractivity contribution in [1.82, 2.24) is 10.2 Å². The van der Waals surface area contributed by atoms with Crippen LogP contribution in [0, 0.1) is 0 Å². The summed E-state index contributed by atoms with van der Waals surface area (Å²) >= 11 is 3.40. The second kappa shape index (κ2) is 12.6. The Morgan fingerprint density at radius 2 is 1.41 bits per heavy atom. The lowest BCUT2D eigenvalue weighted by atomic mass is 9.76. The molecule has 1 aliphatic rings. The maximum absolute atomic E-state index is 14.4. The summed E-state index contributed by atoms with van der Waals surface area (Å²) in [5, 5.41) is 8.10. The highest BCUT2D eigenvalue weighted by molar-refractivity contribution is 7.99. The van der Waals surface area contributed by atoms with Crippen molar-refractivity contribution in [1.29, 1.82) is 0 Å². The smallest absolute Gasteiger partial charge is 0.326 e. The number of nitrogens with zero attached hydrogens (tertiary/aromatic N) is 1. The lowest BCUT2D eigenvalue weighted by molar-refractivity contribution is -0.159. The second-order valence-electron chi connectivity index (χ2n) is 11.2. The predicted octanol–water partition coefficient (Wildman–Crippen LogP) is 6.66. The van der Waals surface area contributed by atoms with E-state index in [-0.39, 0.29) is 17.7 Å². The fourth-order valence-corrected chi connectivity index (χ4v) is 7.43. The van der Waals surface area contributed by atoms with Gasteiger partial charge in [0.2, 0.25) is 5.91 Å². The first-order valence-corrected chi connectivity index (χ1v) is 15.8. The van der Waals surface area contributed by atoms with Gasteiger partial charge in [-0.2, -0.15) is 11.3 Å². The van der Waals surface area contributed by atoms with E-state index >= 15 is 0 Å². The van der Waals surface area contributed by atoms with Gasteiger partial charge in [-0.15, -0.1) is 11.8 Å². The molecule has 0 aliphatic carbocycles. The number of thioether (sulfide) groups is 1. The average molecular weight is 585 g/mol. The van der Waals surface area contributed by atoms with E-state index in [1.54, 1.807) is 28.0 Å². The lowest BCUT2D eigenvalue weighted by Crippen LogP contribution is -2.57. The van der Waals surface area contributed by atoms with Gasteiger partial charge in [-0.25, -0.2) is 0 Å². The summed E-state index contributed by atoms with van der Waals surface area (Å²) in [4.78, 5) is 29.1. The molecular formula is C34H36N2O3S2. The van der Waals surface area contributed by atoms with Crippen molar-refractivity contribution in [3.63, 3.8) is 0 Å². The highest BCUT2D eigenvalue weighted by Crippen LogP contribution is 2.40. The summed E-state index contributed by atoms with van der Waals surface area (Å²) < 4.78 is 5.64. The first kappa shape index (κ1) is 29.1. The highest BCUT2D eigenvalue weighted by atomic mass is 32.2. The molecule has 1 N–H and O–H groups in total. The predicted molar refractivity (Wildman–Crippen MR) is 168 cm³/mol. The summed E-state index contributed by atoms with van der Waals surface area (Å²) in [5.74, 6) is 0.0487. The van der Waals surface area contributed by atoms with Crippen molar-refractivity contribution in [3.8, 4) is 0 Å². The zero-order valence-corrected chi connectivity index (χ0v) is 25.3. The Kier molecular flexibility index (Phi) is 8.97. The number of thiophene rings is 1. The topological polar surface area (TPSA) is 58.6 Å². The monoisotopic (exact) mass is 584 g/mol.